The molecule has 2 N–H and O–H groups in total. The highest BCUT2D eigenvalue weighted by Gasteiger charge is 2.49. The quantitative estimate of drug-likeness (QED) is 0.718. The summed E-state index contributed by atoms with van der Waals surface area (Å²) in [6.07, 6.45) is 6.99. The Morgan fingerprint density at radius 3 is 2.47 bits per heavy atom. The molecule has 17 heavy (non-hydrogen) atoms. The van der Waals surface area contributed by atoms with Gasteiger partial charge >= 0.3 is 5.97 Å². The summed E-state index contributed by atoms with van der Waals surface area (Å²) in [7, 11) is 0. The van der Waals surface area contributed by atoms with Crippen LogP contribution in [0.4, 0.5) is 0 Å². The minimum atomic E-state index is -0.904. The molecule has 2 aliphatic carbocycles. The van der Waals surface area contributed by atoms with E-state index in [1.807, 2.05) is 6.92 Å². The van der Waals surface area contributed by atoms with Gasteiger partial charge in [0.15, 0.2) is 0 Å². The largest absolute Gasteiger partial charge is 0.465 e. The molecule has 0 amide bonds. The van der Waals surface area contributed by atoms with E-state index < -0.39 is 5.54 Å². The van der Waals surface area contributed by atoms with Crippen LogP contribution in [0.2, 0.25) is 0 Å². The molecule has 0 heterocycles. The number of carbonyl (C=O) groups excluding carboxylic acids is 1. The van der Waals surface area contributed by atoms with Crippen LogP contribution in [-0.4, -0.2) is 30.8 Å². The predicted octanol–water partition coefficient (Wildman–Crippen LogP) is 1.62. The molecule has 0 saturated heterocycles. The second-order valence-corrected chi connectivity index (χ2v) is 5.25. The van der Waals surface area contributed by atoms with Crippen LogP contribution in [0.15, 0.2) is 0 Å². The van der Waals surface area contributed by atoms with Gasteiger partial charge in [-0.3, -0.25) is 0 Å². The first kappa shape index (κ1) is 12.8. The van der Waals surface area contributed by atoms with Gasteiger partial charge in [-0.15, -0.1) is 0 Å². The van der Waals surface area contributed by atoms with Crippen LogP contribution < -0.4 is 5.73 Å². The zero-order valence-electron chi connectivity index (χ0n) is 10.6. The summed E-state index contributed by atoms with van der Waals surface area (Å²) < 4.78 is 10.9. The van der Waals surface area contributed by atoms with Gasteiger partial charge in [-0.2, -0.15) is 0 Å². The van der Waals surface area contributed by atoms with E-state index in [9.17, 15) is 4.79 Å². The van der Waals surface area contributed by atoms with Gasteiger partial charge in [-0.1, -0.05) is 12.8 Å². The van der Waals surface area contributed by atoms with Crippen molar-refractivity contribution in [3.8, 4) is 0 Å². The number of hydrogen-bond acceptors (Lipinski definition) is 4. The van der Waals surface area contributed by atoms with Crippen molar-refractivity contribution in [2.24, 2.45) is 11.7 Å². The van der Waals surface area contributed by atoms with Gasteiger partial charge in [0.25, 0.3) is 0 Å². The standard InChI is InChI=1S/C13H23NO3/c1-2-16-12(15)13(14,10-7-8-10)9-17-11-5-3-4-6-11/h10-11H,2-9,14H2,1H3. The van der Waals surface area contributed by atoms with E-state index in [2.05, 4.69) is 0 Å². The molecule has 0 aliphatic heterocycles. The molecule has 2 rings (SSSR count). The molecular formula is C13H23NO3. The van der Waals surface area contributed by atoms with Crippen molar-refractivity contribution >= 4 is 5.97 Å². The van der Waals surface area contributed by atoms with E-state index in [1.54, 1.807) is 0 Å². The number of ether oxygens (including phenoxy) is 2. The van der Waals surface area contributed by atoms with Crippen LogP contribution >= 0.6 is 0 Å². The monoisotopic (exact) mass is 241 g/mol. The maximum absolute atomic E-state index is 11.9. The summed E-state index contributed by atoms with van der Waals surface area (Å²) in [4.78, 5) is 11.9. The van der Waals surface area contributed by atoms with Crippen molar-refractivity contribution < 1.29 is 14.3 Å². The maximum atomic E-state index is 11.9. The van der Waals surface area contributed by atoms with Crippen LogP contribution in [0, 0.1) is 5.92 Å². The third-order valence-electron chi connectivity index (χ3n) is 3.82. The van der Waals surface area contributed by atoms with Crippen LogP contribution in [-0.2, 0) is 14.3 Å². The Bertz CT molecular complexity index is 272. The van der Waals surface area contributed by atoms with Gasteiger partial charge in [-0.05, 0) is 38.5 Å². The summed E-state index contributed by atoms with van der Waals surface area (Å²) >= 11 is 0. The summed E-state index contributed by atoms with van der Waals surface area (Å²) in [5, 5.41) is 0. The smallest absolute Gasteiger partial charge is 0.328 e. The summed E-state index contributed by atoms with van der Waals surface area (Å²) in [5.41, 5.74) is 5.31. The first-order valence-electron chi connectivity index (χ1n) is 6.74. The highest BCUT2D eigenvalue weighted by atomic mass is 16.5. The molecule has 98 valence electrons. The topological polar surface area (TPSA) is 61.5 Å². The van der Waals surface area contributed by atoms with E-state index in [4.69, 9.17) is 15.2 Å². The molecule has 0 spiro atoms. The fraction of sp³-hybridized carbons (Fsp3) is 0.923. The number of hydrogen-bond donors (Lipinski definition) is 1. The zero-order chi connectivity index (χ0) is 12.3. The number of carbonyl (C=O) groups is 1. The predicted molar refractivity (Wildman–Crippen MR) is 64.5 cm³/mol. The summed E-state index contributed by atoms with van der Waals surface area (Å²) in [6, 6.07) is 0. The SMILES string of the molecule is CCOC(=O)C(N)(COC1CCCC1)C1CC1. The Labute approximate surface area is 103 Å². The second kappa shape index (κ2) is 5.36. The Morgan fingerprint density at radius 2 is 1.94 bits per heavy atom. The molecule has 0 radical (unpaired) electrons. The average Bonchev–Trinajstić information content (AvgIpc) is 3.05. The molecule has 0 aromatic heterocycles. The molecule has 4 heteroatoms. The van der Waals surface area contributed by atoms with Crippen molar-refractivity contribution in [3.05, 3.63) is 0 Å². The van der Waals surface area contributed by atoms with Crippen LogP contribution in [0.5, 0.6) is 0 Å². The van der Waals surface area contributed by atoms with Gasteiger partial charge in [0.2, 0.25) is 0 Å². The summed E-state index contributed by atoms with van der Waals surface area (Å²) in [6.45, 7) is 2.51. The highest BCUT2D eigenvalue weighted by Crippen LogP contribution is 2.39. The van der Waals surface area contributed by atoms with Gasteiger partial charge in [0.05, 0.1) is 19.3 Å². The minimum Gasteiger partial charge on any atom is -0.465 e. The lowest BCUT2D eigenvalue weighted by Crippen LogP contribution is -2.55. The van der Waals surface area contributed by atoms with Crippen molar-refractivity contribution in [1.82, 2.24) is 0 Å². The lowest BCUT2D eigenvalue weighted by Gasteiger charge is -2.28. The normalized spacial score (nSPS) is 24.6. The lowest BCUT2D eigenvalue weighted by molar-refractivity contribution is -0.154. The van der Waals surface area contributed by atoms with Crippen molar-refractivity contribution in [2.45, 2.75) is 57.1 Å². The third kappa shape index (κ3) is 2.99. The zero-order valence-corrected chi connectivity index (χ0v) is 10.6. The van der Waals surface area contributed by atoms with Gasteiger partial charge in [0.1, 0.15) is 5.54 Å². The maximum Gasteiger partial charge on any atom is 0.328 e. The van der Waals surface area contributed by atoms with Crippen LogP contribution in [0.25, 0.3) is 0 Å². The first-order chi connectivity index (χ1) is 8.16. The average molecular weight is 241 g/mol. The Balaban J connectivity index is 1.88. The van der Waals surface area contributed by atoms with E-state index >= 15 is 0 Å². The van der Waals surface area contributed by atoms with Gasteiger partial charge < -0.3 is 15.2 Å². The van der Waals surface area contributed by atoms with E-state index in [1.165, 1.54) is 12.8 Å². The molecule has 2 fully saturated rings. The third-order valence-corrected chi connectivity index (χ3v) is 3.82. The van der Waals surface area contributed by atoms with E-state index in [0.29, 0.717) is 19.3 Å². The van der Waals surface area contributed by atoms with Gasteiger partial charge in [-0.25, -0.2) is 4.79 Å². The molecule has 1 unspecified atom stereocenters. The molecule has 0 aromatic carbocycles. The Morgan fingerprint density at radius 1 is 1.29 bits per heavy atom. The number of esters is 1. The minimum absolute atomic E-state index is 0.253. The fourth-order valence-electron chi connectivity index (χ4n) is 2.52. The Hall–Kier alpha value is -0.610. The highest BCUT2D eigenvalue weighted by molar-refractivity contribution is 5.81. The van der Waals surface area contributed by atoms with Gasteiger partial charge in [0, 0.05) is 0 Å². The Kier molecular flexibility index (Phi) is 4.05. The van der Waals surface area contributed by atoms with Crippen LogP contribution in [0.3, 0.4) is 0 Å². The van der Waals surface area contributed by atoms with Crippen molar-refractivity contribution in [3.63, 3.8) is 0 Å². The molecule has 0 aromatic rings. The molecule has 2 aliphatic rings. The molecule has 2 saturated carbocycles. The fourth-order valence-corrected chi connectivity index (χ4v) is 2.52. The lowest BCUT2D eigenvalue weighted by atomic mass is 9.95. The summed E-state index contributed by atoms with van der Waals surface area (Å²) in [5.74, 6) is -0.0385. The van der Waals surface area contributed by atoms with E-state index in [0.717, 1.165) is 25.7 Å². The number of rotatable bonds is 6. The van der Waals surface area contributed by atoms with Crippen molar-refractivity contribution in [2.75, 3.05) is 13.2 Å². The number of nitrogens with two attached hydrogens (primary N) is 1. The molecular weight excluding hydrogens is 218 g/mol. The second-order valence-electron chi connectivity index (χ2n) is 5.25. The molecule has 1 atom stereocenters. The molecule has 4 nitrogen and oxygen atoms in total. The van der Waals surface area contributed by atoms with E-state index in [-0.39, 0.29) is 11.9 Å². The first-order valence-corrected chi connectivity index (χ1v) is 6.74. The van der Waals surface area contributed by atoms with Crippen LogP contribution in [0.1, 0.15) is 45.4 Å². The molecule has 0 bridgehead atoms. The van der Waals surface area contributed by atoms with Crippen molar-refractivity contribution in [1.29, 1.82) is 0 Å².